The molecule has 0 amide bonds. The van der Waals surface area contributed by atoms with E-state index in [1.54, 1.807) is 30.5 Å². The van der Waals surface area contributed by atoms with E-state index >= 15 is 0 Å². The van der Waals surface area contributed by atoms with Gasteiger partial charge in [-0.1, -0.05) is 18.2 Å². The molecule has 118 valence electrons. The maximum absolute atomic E-state index is 13.6. The van der Waals surface area contributed by atoms with E-state index in [1.165, 1.54) is 10.4 Å². The van der Waals surface area contributed by atoms with Gasteiger partial charge in [0.15, 0.2) is 0 Å². The number of benzene rings is 1. The van der Waals surface area contributed by atoms with Crippen LogP contribution in [0.3, 0.4) is 0 Å². The van der Waals surface area contributed by atoms with Crippen molar-refractivity contribution in [1.82, 2.24) is 8.61 Å². The summed E-state index contributed by atoms with van der Waals surface area (Å²) in [4.78, 5) is 0. The fraction of sp³-hybridized carbons (Fsp3) is 0.600. The van der Waals surface area contributed by atoms with Gasteiger partial charge in [0, 0.05) is 27.2 Å². The van der Waals surface area contributed by atoms with E-state index in [2.05, 4.69) is 0 Å². The van der Waals surface area contributed by atoms with Crippen LogP contribution in [-0.4, -0.2) is 44.2 Å². The van der Waals surface area contributed by atoms with Gasteiger partial charge in [0.1, 0.15) is 5.82 Å². The molecule has 0 aliphatic carbocycles. The fourth-order valence-corrected chi connectivity index (χ4v) is 3.98. The molecule has 1 fully saturated rings. The van der Waals surface area contributed by atoms with Crippen molar-refractivity contribution in [3.05, 3.63) is 35.6 Å². The topological polar surface area (TPSA) is 40.6 Å². The lowest BCUT2D eigenvalue weighted by Gasteiger charge is -2.33. The Morgan fingerprint density at radius 1 is 1.33 bits per heavy atom. The molecule has 0 spiro atoms. The summed E-state index contributed by atoms with van der Waals surface area (Å²) in [5.41, 5.74) is 0.713. The minimum atomic E-state index is -3.33. The zero-order valence-corrected chi connectivity index (χ0v) is 13.4. The van der Waals surface area contributed by atoms with Gasteiger partial charge in [0.2, 0.25) is 0 Å². The Hall–Kier alpha value is -0.980. The van der Waals surface area contributed by atoms with Gasteiger partial charge < -0.3 is 0 Å². The van der Waals surface area contributed by atoms with E-state index in [1.807, 2.05) is 6.07 Å². The standard InChI is InChI=1S/C15H23FN2O2S/c1-17(2)21(19,20)18-11-5-6-13(12-18)9-10-14-7-3-4-8-15(14)16/h3-4,7-8,13H,5-6,9-12H2,1-2H3. The summed E-state index contributed by atoms with van der Waals surface area (Å²) in [7, 11) is -0.224. The first-order valence-electron chi connectivity index (χ1n) is 7.32. The highest BCUT2D eigenvalue weighted by molar-refractivity contribution is 7.86. The minimum Gasteiger partial charge on any atom is -0.207 e. The molecule has 1 aromatic rings. The minimum absolute atomic E-state index is 0.175. The summed E-state index contributed by atoms with van der Waals surface area (Å²) in [5.74, 6) is 0.124. The van der Waals surface area contributed by atoms with Gasteiger partial charge in [-0.15, -0.1) is 0 Å². The van der Waals surface area contributed by atoms with Gasteiger partial charge in [0.05, 0.1) is 0 Å². The molecule has 0 saturated carbocycles. The van der Waals surface area contributed by atoms with Crippen molar-refractivity contribution in [2.45, 2.75) is 25.7 Å². The summed E-state index contributed by atoms with van der Waals surface area (Å²) in [6, 6.07) is 6.79. The molecule has 1 aliphatic heterocycles. The Labute approximate surface area is 126 Å². The predicted octanol–water partition coefficient (Wildman–Crippen LogP) is 2.28. The number of hydrogen-bond acceptors (Lipinski definition) is 2. The van der Waals surface area contributed by atoms with Crippen LogP contribution in [-0.2, 0) is 16.6 Å². The lowest BCUT2D eigenvalue weighted by Crippen LogP contribution is -2.45. The molecule has 1 aromatic carbocycles. The molecular weight excluding hydrogens is 291 g/mol. The molecule has 0 radical (unpaired) electrons. The third kappa shape index (κ3) is 4.02. The average molecular weight is 314 g/mol. The monoisotopic (exact) mass is 314 g/mol. The third-order valence-electron chi connectivity index (χ3n) is 4.05. The highest BCUT2D eigenvalue weighted by Crippen LogP contribution is 2.24. The Kier molecular flexibility index (Phi) is 5.35. The van der Waals surface area contributed by atoms with Crippen LogP contribution in [0, 0.1) is 11.7 Å². The average Bonchev–Trinajstić information content (AvgIpc) is 2.46. The molecule has 0 N–H and O–H groups in total. The molecule has 1 aliphatic rings. The van der Waals surface area contributed by atoms with Crippen LogP contribution in [0.5, 0.6) is 0 Å². The molecule has 1 saturated heterocycles. The van der Waals surface area contributed by atoms with E-state index in [-0.39, 0.29) is 5.82 Å². The SMILES string of the molecule is CN(C)S(=O)(=O)N1CCCC(CCc2ccccc2F)C1. The predicted molar refractivity (Wildman–Crippen MR) is 81.6 cm³/mol. The first-order chi connectivity index (χ1) is 9.91. The molecule has 0 aromatic heterocycles. The maximum Gasteiger partial charge on any atom is 0.281 e. The van der Waals surface area contributed by atoms with Gasteiger partial charge in [-0.05, 0) is 43.2 Å². The lowest BCUT2D eigenvalue weighted by molar-refractivity contribution is 0.245. The van der Waals surface area contributed by atoms with Crippen LogP contribution in [0.15, 0.2) is 24.3 Å². The molecule has 1 unspecified atom stereocenters. The fourth-order valence-electron chi connectivity index (χ4n) is 2.76. The van der Waals surface area contributed by atoms with E-state index in [0.29, 0.717) is 31.0 Å². The lowest BCUT2D eigenvalue weighted by atomic mass is 9.92. The van der Waals surface area contributed by atoms with Gasteiger partial charge in [-0.2, -0.15) is 17.0 Å². The first-order valence-corrected chi connectivity index (χ1v) is 8.72. The number of nitrogens with zero attached hydrogens (tertiary/aromatic N) is 2. The van der Waals surface area contributed by atoms with E-state index in [9.17, 15) is 12.8 Å². The van der Waals surface area contributed by atoms with Crippen LogP contribution in [0.4, 0.5) is 4.39 Å². The van der Waals surface area contributed by atoms with Gasteiger partial charge in [-0.3, -0.25) is 0 Å². The summed E-state index contributed by atoms with van der Waals surface area (Å²) in [6.45, 7) is 1.12. The second kappa shape index (κ2) is 6.85. The van der Waals surface area contributed by atoms with Crippen molar-refractivity contribution in [3.63, 3.8) is 0 Å². The largest absolute Gasteiger partial charge is 0.281 e. The highest BCUT2D eigenvalue weighted by atomic mass is 32.2. The second-order valence-corrected chi connectivity index (χ2v) is 7.93. The summed E-state index contributed by atoms with van der Waals surface area (Å²) in [6.07, 6.45) is 3.36. The Balaban J connectivity index is 1.95. The first kappa shape index (κ1) is 16.4. The van der Waals surface area contributed by atoms with Crippen molar-refractivity contribution in [2.75, 3.05) is 27.2 Å². The van der Waals surface area contributed by atoms with Crippen molar-refractivity contribution in [2.24, 2.45) is 5.92 Å². The van der Waals surface area contributed by atoms with Crippen LogP contribution < -0.4 is 0 Å². The molecule has 2 rings (SSSR count). The van der Waals surface area contributed by atoms with Crippen molar-refractivity contribution in [3.8, 4) is 0 Å². The molecule has 4 nitrogen and oxygen atoms in total. The summed E-state index contributed by atoms with van der Waals surface area (Å²) in [5, 5.41) is 0. The van der Waals surface area contributed by atoms with Gasteiger partial charge in [-0.25, -0.2) is 4.39 Å². The number of rotatable bonds is 5. The van der Waals surface area contributed by atoms with E-state index in [4.69, 9.17) is 0 Å². The Morgan fingerprint density at radius 2 is 2.05 bits per heavy atom. The van der Waals surface area contributed by atoms with Crippen molar-refractivity contribution in [1.29, 1.82) is 0 Å². The third-order valence-corrected chi connectivity index (χ3v) is 5.96. The van der Waals surface area contributed by atoms with E-state index in [0.717, 1.165) is 19.3 Å². The van der Waals surface area contributed by atoms with Crippen LogP contribution in [0.2, 0.25) is 0 Å². The highest BCUT2D eigenvalue weighted by Gasteiger charge is 2.30. The van der Waals surface area contributed by atoms with Crippen LogP contribution in [0.25, 0.3) is 0 Å². The molecule has 6 heteroatoms. The molecule has 1 heterocycles. The number of hydrogen-bond donors (Lipinski definition) is 0. The quantitative estimate of drug-likeness (QED) is 0.836. The second-order valence-electron chi connectivity index (χ2n) is 5.79. The Bertz CT molecular complexity index is 575. The van der Waals surface area contributed by atoms with Gasteiger partial charge >= 0.3 is 0 Å². The normalized spacial score (nSPS) is 20.9. The molecule has 21 heavy (non-hydrogen) atoms. The number of halogens is 1. The Morgan fingerprint density at radius 3 is 2.71 bits per heavy atom. The van der Waals surface area contributed by atoms with Crippen LogP contribution in [0.1, 0.15) is 24.8 Å². The van der Waals surface area contributed by atoms with Gasteiger partial charge in [0.25, 0.3) is 10.2 Å². The number of aryl methyl sites for hydroxylation is 1. The van der Waals surface area contributed by atoms with Crippen molar-refractivity contribution < 1.29 is 12.8 Å². The number of piperidine rings is 1. The smallest absolute Gasteiger partial charge is 0.207 e. The van der Waals surface area contributed by atoms with Crippen LogP contribution >= 0.6 is 0 Å². The summed E-state index contributed by atoms with van der Waals surface area (Å²) < 4.78 is 40.7. The zero-order valence-electron chi connectivity index (χ0n) is 12.6. The summed E-state index contributed by atoms with van der Waals surface area (Å²) >= 11 is 0. The molecular formula is C15H23FN2O2S. The molecule has 0 bridgehead atoms. The zero-order chi connectivity index (χ0) is 15.5. The maximum atomic E-state index is 13.6. The van der Waals surface area contributed by atoms with E-state index < -0.39 is 10.2 Å². The molecule has 1 atom stereocenters. The van der Waals surface area contributed by atoms with Crippen molar-refractivity contribution >= 4 is 10.2 Å².